The number of rotatable bonds is 7. The Morgan fingerprint density at radius 1 is 1.12 bits per heavy atom. The highest BCUT2D eigenvalue weighted by Crippen LogP contribution is 2.24. The summed E-state index contributed by atoms with van der Waals surface area (Å²) < 4.78 is 0. The monoisotopic (exact) mass is 443 g/mol. The van der Waals surface area contributed by atoms with Crippen LogP contribution in [-0.4, -0.2) is 47.9 Å². The van der Waals surface area contributed by atoms with E-state index in [-0.39, 0.29) is 6.03 Å². The lowest BCUT2D eigenvalue weighted by Gasteiger charge is -2.27. The van der Waals surface area contributed by atoms with Crippen LogP contribution in [0.2, 0.25) is 0 Å². The molecule has 1 unspecified atom stereocenters. The molecule has 1 fully saturated rings. The highest BCUT2D eigenvalue weighted by atomic mass is 16.2. The van der Waals surface area contributed by atoms with E-state index in [0.29, 0.717) is 24.1 Å². The van der Waals surface area contributed by atoms with Crippen LogP contribution in [-0.2, 0) is 6.54 Å². The van der Waals surface area contributed by atoms with E-state index >= 15 is 0 Å². The Kier molecular flexibility index (Phi) is 7.16. The van der Waals surface area contributed by atoms with Crippen molar-refractivity contribution in [2.24, 2.45) is 0 Å². The van der Waals surface area contributed by atoms with Crippen molar-refractivity contribution in [2.45, 2.75) is 19.0 Å². The third-order valence-corrected chi connectivity index (χ3v) is 5.71. The molecule has 5 N–H and O–H groups in total. The first kappa shape index (κ1) is 22.3. The average molecular weight is 444 g/mol. The van der Waals surface area contributed by atoms with Crippen LogP contribution in [0.15, 0.2) is 73.1 Å². The van der Waals surface area contributed by atoms with Gasteiger partial charge in [-0.05, 0) is 61.0 Å². The van der Waals surface area contributed by atoms with Crippen molar-refractivity contribution in [1.82, 2.24) is 20.5 Å². The van der Waals surface area contributed by atoms with Crippen LogP contribution in [0.3, 0.4) is 0 Å². The minimum Gasteiger partial charge on any atom is -0.355 e. The van der Waals surface area contributed by atoms with Gasteiger partial charge in [-0.1, -0.05) is 18.2 Å². The van der Waals surface area contributed by atoms with Gasteiger partial charge in [0.25, 0.3) is 0 Å². The van der Waals surface area contributed by atoms with Crippen molar-refractivity contribution in [3.05, 3.63) is 84.2 Å². The number of para-hydroxylation sites is 1. The number of nitrogens with one attached hydrogen (secondary N) is 5. The third kappa shape index (κ3) is 5.87. The molecule has 1 saturated heterocycles. The van der Waals surface area contributed by atoms with Crippen LogP contribution in [0.25, 0.3) is 0 Å². The molecule has 33 heavy (non-hydrogen) atoms. The summed E-state index contributed by atoms with van der Waals surface area (Å²) >= 11 is 0. The maximum atomic E-state index is 12.2. The molecule has 2 heterocycles. The summed E-state index contributed by atoms with van der Waals surface area (Å²) in [6.07, 6.45) is 4.46. The zero-order valence-electron chi connectivity index (χ0n) is 18.6. The predicted molar refractivity (Wildman–Crippen MR) is 132 cm³/mol. The summed E-state index contributed by atoms with van der Waals surface area (Å²) in [5.74, 6) is 0.496. The number of carbonyl (C=O) groups excluding carboxylic acids is 1. The van der Waals surface area contributed by atoms with Gasteiger partial charge in [0.05, 0.1) is 0 Å². The largest absolute Gasteiger partial charge is 0.355 e. The molecule has 3 aromatic rings. The van der Waals surface area contributed by atoms with Gasteiger partial charge in [0.2, 0.25) is 0 Å². The first-order valence-electron chi connectivity index (χ1n) is 11.0. The van der Waals surface area contributed by atoms with E-state index in [1.54, 1.807) is 12.4 Å². The van der Waals surface area contributed by atoms with Crippen LogP contribution in [0.1, 0.15) is 17.5 Å². The zero-order chi connectivity index (χ0) is 23.0. The lowest BCUT2D eigenvalue weighted by molar-refractivity contribution is 0.251. The molecular formula is C25H29N7O. The van der Waals surface area contributed by atoms with E-state index in [2.05, 4.69) is 26.3 Å². The van der Waals surface area contributed by atoms with Gasteiger partial charge >= 0.3 is 6.03 Å². The average Bonchev–Trinajstić information content (AvgIpc) is 3.39. The van der Waals surface area contributed by atoms with Gasteiger partial charge in [-0.2, -0.15) is 0 Å². The molecule has 1 aromatic heterocycles. The molecule has 2 aromatic carbocycles. The quantitative estimate of drug-likeness (QED) is 0.282. The molecule has 8 nitrogen and oxygen atoms in total. The molecule has 0 saturated carbocycles. The second kappa shape index (κ2) is 10.6. The van der Waals surface area contributed by atoms with Gasteiger partial charge < -0.3 is 26.2 Å². The lowest BCUT2D eigenvalue weighted by Crippen LogP contribution is -2.38. The van der Waals surface area contributed by atoms with Gasteiger partial charge in [0, 0.05) is 61.2 Å². The number of anilines is 3. The van der Waals surface area contributed by atoms with Crippen LogP contribution < -0.4 is 21.3 Å². The number of hydrogen-bond donors (Lipinski definition) is 5. The van der Waals surface area contributed by atoms with Crippen LogP contribution in [0.4, 0.5) is 21.9 Å². The van der Waals surface area contributed by atoms with Crippen LogP contribution in [0.5, 0.6) is 0 Å². The molecule has 0 spiro atoms. The fraction of sp³-hybridized carbons (Fsp3) is 0.240. The molecule has 8 heteroatoms. The van der Waals surface area contributed by atoms with E-state index in [0.717, 1.165) is 42.0 Å². The number of carbonyl (C=O) groups is 1. The summed E-state index contributed by atoms with van der Waals surface area (Å²) in [5.41, 5.74) is 4.23. The number of urea groups is 1. The number of likely N-dealkylation sites (N-methyl/N-ethyl adjacent to an activating group) is 1. The highest BCUT2D eigenvalue weighted by molar-refractivity contribution is 6.02. The molecule has 4 rings (SSSR count). The van der Waals surface area contributed by atoms with Crippen molar-refractivity contribution in [2.75, 3.05) is 30.8 Å². The SMILES string of the molecule is CN(C(=N)c1ccccc1Nc1ccc(NC(=O)NCc2cccnc2)cc1)C1CCNC1. The molecule has 0 aliphatic carbocycles. The fourth-order valence-corrected chi connectivity index (χ4v) is 3.79. The molecule has 1 aliphatic heterocycles. The molecule has 2 amide bonds. The Morgan fingerprint density at radius 2 is 1.91 bits per heavy atom. The van der Waals surface area contributed by atoms with E-state index in [1.807, 2.05) is 72.6 Å². The zero-order valence-corrected chi connectivity index (χ0v) is 18.6. The maximum Gasteiger partial charge on any atom is 0.319 e. The summed E-state index contributed by atoms with van der Waals surface area (Å²) in [5, 5.41) is 21.1. The first-order chi connectivity index (χ1) is 16.1. The van der Waals surface area contributed by atoms with Gasteiger partial charge in [-0.3, -0.25) is 10.4 Å². The van der Waals surface area contributed by atoms with Gasteiger partial charge in [-0.15, -0.1) is 0 Å². The minimum atomic E-state index is -0.275. The van der Waals surface area contributed by atoms with Crippen molar-refractivity contribution in [1.29, 1.82) is 5.41 Å². The Hall–Kier alpha value is -3.91. The molecule has 170 valence electrons. The van der Waals surface area contributed by atoms with Gasteiger partial charge in [-0.25, -0.2) is 4.79 Å². The van der Waals surface area contributed by atoms with Crippen molar-refractivity contribution in [3.8, 4) is 0 Å². The predicted octanol–water partition coefficient (Wildman–Crippen LogP) is 3.77. The van der Waals surface area contributed by atoms with Crippen molar-refractivity contribution < 1.29 is 4.79 Å². The first-order valence-corrected chi connectivity index (χ1v) is 11.0. The smallest absolute Gasteiger partial charge is 0.319 e. The highest BCUT2D eigenvalue weighted by Gasteiger charge is 2.23. The third-order valence-electron chi connectivity index (χ3n) is 5.71. The molecule has 0 radical (unpaired) electrons. The molecular weight excluding hydrogens is 414 g/mol. The molecule has 1 aliphatic rings. The van der Waals surface area contributed by atoms with Crippen LogP contribution in [0, 0.1) is 5.41 Å². The van der Waals surface area contributed by atoms with E-state index in [9.17, 15) is 4.79 Å². The lowest BCUT2D eigenvalue weighted by atomic mass is 10.1. The fourth-order valence-electron chi connectivity index (χ4n) is 3.79. The topological polar surface area (TPSA) is 105 Å². The number of aromatic nitrogens is 1. The number of nitrogens with zero attached hydrogens (tertiary/aromatic N) is 2. The minimum absolute atomic E-state index is 0.275. The second-order valence-corrected chi connectivity index (χ2v) is 8.02. The van der Waals surface area contributed by atoms with E-state index < -0.39 is 0 Å². The normalized spacial score (nSPS) is 15.0. The van der Waals surface area contributed by atoms with Crippen molar-refractivity contribution in [3.63, 3.8) is 0 Å². The number of amides is 2. The number of benzene rings is 2. The Labute approximate surface area is 193 Å². The Bertz CT molecular complexity index is 1080. The standard InChI is InChI=1S/C25H29N7O/c1-32(21-12-14-28-17-21)24(26)22-6-2-3-7-23(22)30-19-8-10-20(11-9-19)31-25(33)29-16-18-5-4-13-27-15-18/h2-11,13,15,21,26,28,30H,12,14,16-17H2,1H3,(H2,29,31,33). The Balaban J connectivity index is 1.36. The summed E-state index contributed by atoms with van der Waals surface area (Å²) in [4.78, 5) is 18.2. The summed E-state index contributed by atoms with van der Waals surface area (Å²) in [6.45, 7) is 2.30. The van der Waals surface area contributed by atoms with Gasteiger partial charge in [0.15, 0.2) is 0 Å². The summed E-state index contributed by atoms with van der Waals surface area (Å²) in [7, 11) is 1.98. The number of pyridine rings is 1. The Morgan fingerprint density at radius 3 is 2.64 bits per heavy atom. The van der Waals surface area contributed by atoms with E-state index in [1.165, 1.54) is 0 Å². The number of hydrogen-bond acceptors (Lipinski definition) is 5. The van der Waals surface area contributed by atoms with Crippen molar-refractivity contribution >= 4 is 28.9 Å². The van der Waals surface area contributed by atoms with E-state index in [4.69, 9.17) is 5.41 Å². The van der Waals surface area contributed by atoms with Crippen LogP contribution >= 0.6 is 0 Å². The maximum absolute atomic E-state index is 12.2. The van der Waals surface area contributed by atoms with Gasteiger partial charge in [0.1, 0.15) is 5.84 Å². The number of amidine groups is 1. The molecule has 1 atom stereocenters. The molecule has 0 bridgehead atoms. The summed E-state index contributed by atoms with van der Waals surface area (Å²) in [6, 6.07) is 19.1. The second-order valence-electron chi connectivity index (χ2n) is 8.02.